The molecule has 1 heterocycles. The van der Waals surface area contributed by atoms with Gasteiger partial charge >= 0.3 is 0 Å². The topological polar surface area (TPSA) is 30.0 Å². The van der Waals surface area contributed by atoms with E-state index in [1.165, 1.54) is 6.20 Å². The maximum atomic E-state index is 11.4. The largest absolute Gasteiger partial charge is 0.294 e. The molecule has 0 atom stereocenters. The first-order valence-electron chi connectivity index (χ1n) is 3.77. The minimum atomic E-state index is 0.00738. The lowest BCUT2D eigenvalue weighted by Crippen LogP contribution is -2.07. The lowest BCUT2D eigenvalue weighted by atomic mass is 10.0. The van der Waals surface area contributed by atoms with E-state index in [2.05, 4.69) is 4.98 Å². The summed E-state index contributed by atoms with van der Waals surface area (Å²) in [6.07, 6.45) is 1.50. The lowest BCUT2D eigenvalue weighted by molar-refractivity contribution is 0.0939. The number of rotatable bonds is 2. The molecule has 0 saturated heterocycles. The Bertz CT molecular complexity index is 279. The van der Waals surface area contributed by atoms with E-state index in [1.807, 2.05) is 13.8 Å². The number of pyridine rings is 1. The van der Waals surface area contributed by atoms with E-state index < -0.39 is 0 Å². The third kappa shape index (κ3) is 2.05. The van der Waals surface area contributed by atoms with Gasteiger partial charge in [-0.3, -0.25) is 4.79 Å². The minimum absolute atomic E-state index is 0.00738. The average molecular weight is 184 g/mol. The van der Waals surface area contributed by atoms with Crippen LogP contribution in [0.5, 0.6) is 0 Å². The summed E-state index contributed by atoms with van der Waals surface area (Å²) in [5, 5.41) is 0.412. The summed E-state index contributed by atoms with van der Waals surface area (Å²) in [5.74, 6) is 0.104. The van der Waals surface area contributed by atoms with Gasteiger partial charge in [-0.25, -0.2) is 4.98 Å². The molecule has 0 saturated carbocycles. The first-order valence-corrected chi connectivity index (χ1v) is 4.15. The van der Waals surface area contributed by atoms with E-state index in [0.717, 1.165) is 0 Å². The summed E-state index contributed by atoms with van der Waals surface area (Å²) >= 11 is 5.57. The molecule has 0 spiro atoms. The maximum Gasteiger partial charge on any atom is 0.166 e. The molecule has 0 aromatic carbocycles. The summed E-state index contributed by atoms with van der Waals surface area (Å²) in [6.45, 7) is 3.72. The minimum Gasteiger partial charge on any atom is -0.294 e. The van der Waals surface area contributed by atoms with Gasteiger partial charge in [0.1, 0.15) is 5.15 Å². The number of halogens is 1. The molecule has 1 rings (SSSR count). The molecule has 3 heteroatoms. The molecule has 64 valence electrons. The van der Waals surface area contributed by atoms with Crippen molar-refractivity contribution in [1.29, 1.82) is 0 Å². The van der Waals surface area contributed by atoms with Gasteiger partial charge < -0.3 is 0 Å². The van der Waals surface area contributed by atoms with Crippen LogP contribution in [0, 0.1) is 5.92 Å². The van der Waals surface area contributed by atoms with Crippen molar-refractivity contribution in [3.05, 3.63) is 29.0 Å². The van der Waals surface area contributed by atoms with E-state index in [-0.39, 0.29) is 11.7 Å². The molecule has 0 radical (unpaired) electrons. The van der Waals surface area contributed by atoms with Crippen LogP contribution in [-0.4, -0.2) is 10.8 Å². The Morgan fingerprint density at radius 3 is 2.58 bits per heavy atom. The Balaban J connectivity index is 2.90. The van der Waals surface area contributed by atoms with Gasteiger partial charge in [0.25, 0.3) is 0 Å². The fourth-order valence-electron chi connectivity index (χ4n) is 0.855. The number of hydrogen-bond donors (Lipinski definition) is 0. The van der Waals surface area contributed by atoms with Gasteiger partial charge in [0.15, 0.2) is 5.78 Å². The number of Topliss-reactive ketones (excluding diaryl/α,β-unsaturated/α-hetero) is 1. The van der Waals surface area contributed by atoms with Crippen LogP contribution in [0.2, 0.25) is 5.15 Å². The van der Waals surface area contributed by atoms with E-state index in [0.29, 0.717) is 10.7 Å². The van der Waals surface area contributed by atoms with Crippen LogP contribution < -0.4 is 0 Å². The van der Waals surface area contributed by atoms with E-state index in [4.69, 9.17) is 11.6 Å². The molecule has 0 aliphatic carbocycles. The summed E-state index contributed by atoms with van der Waals surface area (Å²) in [4.78, 5) is 15.2. The zero-order chi connectivity index (χ0) is 9.14. The van der Waals surface area contributed by atoms with Gasteiger partial charge in [0.2, 0.25) is 0 Å². The average Bonchev–Trinajstić information content (AvgIpc) is 2.04. The Morgan fingerprint density at radius 2 is 2.17 bits per heavy atom. The van der Waals surface area contributed by atoms with Crippen LogP contribution in [0.25, 0.3) is 0 Å². The number of carbonyl (C=O) groups excluding carboxylic acids is 1. The number of ketones is 1. The van der Waals surface area contributed by atoms with Gasteiger partial charge in [0.05, 0.1) is 0 Å². The Hall–Kier alpha value is -0.890. The molecular weight excluding hydrogens is 174 g/mol. The SMILES string of the molecule is CC(C)C(=O)c1ccc(Cl)nc1. The van der Waals surface area contributed by atoms with Crippen LogP contribution in [0.15, 0.2) is 18.3 Å². The first kappa shape index (κ1) is 9.20. The predicted molar refractivity (Wildman–Crippen MR) is 48.4 cm³/mol. The summed E-state index contributed by atoms with van der Waals surface area (Å²) < 4.78 is 0. The molecule has 2 nitrogen and oxygen atoms in total. The molecule has 0 aliphatic rings. The molecule has 12 heavy (non-hydrogen) atoms. The first-order chi connectivity index (χ1) is 5.61. The van der Waals surface area contributed by atoms with Crippen LogP contribution in [-0.2, 0) is 0 Å². The van der Waals surface area contributed by atoms with Crippen molar-refractivity contribution in [3.8, 4) is 0 Å². The highest BCUT2D eigenvalue weighted by atomic mass is 35.5. The van der Waals surface area contributed by atoms with E-state index >= 15 is 0 Å². The van der Waals surface area contributed by atoms with Crippen molar-refractivity contribution in [3.63, 3.8) is 0 Å². The molecule has 0 bridgehead atoms. The lowest BCUT2D eigenvalue weighted by Gasteiger charge is -2.02. The van der Waals surface area contributed by atoms with Gasteiger partial charge in [0, 0.05) is 17.7 Å². The second kappa shape index (κ2) is 3.68. The van der Waals surface area contributed by atoms with Crippen molar-refractivity contribution >= 4 is 17.4 Å². The van der Waals surface area contributed by atoms with Crippen molar-refractivity contribution in [2.24, 2.45) is 5.92 Å². The smallest absolute Gasteiger partial charge is 0.166 e. The molecule has 0 amide bonds. The van der Waals surface area contributed by atoms with Crippen LogP contribution in [0.1, 0.15) is 24.2 Å². The highest BCUT2D eigenvalue weighted by molar-refractivity contribution is 6.29. The van der Waals surface area contributed by atoms with Crippen LogP contribution in [0.3, 0.4) is 0 Å². The summed E-state index contributed by atoms with van der Waals surface area (Å²) in [5.41, 5.74) is 0.620. The molecule has 0 N–H and O–H groups in total. The number of nitrogens with zero attached hydrogens (tertiary/aromatic N) is 1. The van der Waals surface area contributed by atoms with Gasteiger partial charge in [-0.2, -0.15) is 0 Å². The molecule has 0 fully saturated rings. The van der Waals surface area contributed by atoms with Crippen molar-refractivity contribution in [1.82, 2.24) is 4.98 Å². The van der Waals surface area contributed by atoms with Gasteiger partial charge in [-0.15, -0.1) is 0 Å². The van der Waals surface area contributed by atoms with Gasteiger partial charge in [-0.05, 0) is 12.1 Å². The highest BCUT2D eigenvalue weighted by Gasteiger charge is 2.09. The fourth-order valence-corrected chi connectivity index (χ4v) is 0.967. The predicted octanol–water partition coefficient (Wildman–Crippen LogP) is 2.57. The van der Waals surface area contributed by atoms with Crippen molar-refractivity contribution < 1.29 is 4.79 Å². The van der Waals surface area contributed by atoms with Crippen LogP contribution in [0.4, 0.5) is 0 Å². The fraction of sp³-hybridized carbons (Fsp3) is 0.333. The van der Waals surface area contributed by atoms with Crippen LogP contribution >= 0.6 is 11.6 Å². The number of carbonyl (C=O) groups is 1. The summed E-state index contributed by atoms with van der Waals surface area (Å²) in [7, 11) is 0. The quantitative estimate of drug-likeness (QED) is 0.521. The Morgan fingerprint density at radius 1 is 1.50 bits per heavy atom. The Kier molecular flexibility index (Phi) is 2.82. The zero-order valence-corrected chi connectivity index (χ0v) is 7.80. The number of aromatic nitrogens is 1. The van der Waals surface area contributed by atoms with Gasteiger partial charge in [-0.1, -0.05) is 25.4 Å². The Labute approximate surface area is 76.6 Å². The molecule has 0 unspecified atom stereocenters. The second-order valence-corrected chi connectivity index (χ2v) is 3.28. The molecular formula is C9H10ClNO. The third-order valence-corrected chi connectivity index (χ3v) is 1.76. The molecule has 1 aromatic heterocycles. The van der Waals surface area contributed by atoms with Crippen molar-refractivity contribution in [2.45, 2.75) is 13.8 Å². The molecule has 0 aliphatic heterocycles. The highest BCUT2D eigenvalue weighted by Crippen LogP contribution is 2.09. The number of hydrogen-bond acceptors (Lipinski definition) is 2. The standard InChI is InChI=1S/C9H10ClNO/c1-6(2)9(12)7-3-4-8(10)11-5-7/h3-6H,1-2H3. The van der Waals surface area contributed by atoms with E-state index in [9.17, 15) is 4.79 Å². The van der Waals surface area contributed by atoms with Crippen molar-refractivity contribution in [2.75, 3.05) is 0 Å². The third-order valence-electron chi connectivity index (χ3n) is 1.54. The second-order valence-electron chi connectivity index (χ2n) is 2.89. The monoisotopic (exact) mass is 183 g/mol. The zero-order valence-electron chi connectivity index (χ0n) is 7.04. The maximum absolute atomic E-state index is 11.4. The van der Waals surface area contributed by atoms with E-state index in [1.54, 1.807) is 12.1 Å². The normalized spacial score (nSPS) is 10.3. The summed E-state index contributed by atoms with van der Waals surface area (Å²) in [6, 6.07) is 3.31. The molecule has 1 aromatic rings.